The summed E-state index contributed by atoms with van der Waals surface area (Å²) in [5, 5.41) is 15.0. The molecule has 13 rings (SSSR count). The highest BCUT2D eigenvalue weighted by molar-refractivity contribution is 7.20. The molecule has 0 bridgehead atoms. The second-order valence-corrected chi connectivity index (χ2v) is 20.5. The number of fused-ring (bicyclic) bond motifs is 10. The standard InChI is InChI=1S/C56H38BN7Si/c58-39-40-34-35-48-55(36-40)61-50-29-11-10-28-49(50)60(56(61)59-48)42-20-16-26-46(37-42)65(44-22-6-2-7-23-44,45-24-8-3-9-25-45)47-27-17-21-43(38-47)63-52-31-13-15-33-54(52)64-53-32-14-12-30-51(53)62(57(63)64)41-18-4-1-5-19-41/h1-38H. The maximum atomic E-state index is 9.86. The lowest BCUT2D eigenvalue weighted by atomic mass is 9.86. The predicted octanol–water partition coefficient (Wildman–Crippen LogP) is 10.1. The normalized spacial score (nSPS) is 13.1. The Hall–Kier alpha value is -8.58. The smallest absolute Gasteiger partial charge is 0.344 e. The first-order chi connectivity index (χ1) is 32.2. The summed E-state index contributed by atoms with van der Waals surface area (Å²) in [5.74, 6) is 0.805. The van der Waals surface area contributed by atoms with Gasteiger partial charge in [0, 0.05) is 17.1 Å². The Labute approximate surface area is 377 Å². The van der Waals surface area contributed by atoms with Gasteiger partial charge in [0.1, 0.15) is 0 Å². The van der Waals surface area contributed by atoms with Gasteiger partial charge in [-0.05, 0) is 112 Å². The number of aromatic nitrogens is 3. The second kappa shape index (κ2) is 14.5. The summed E-state index contributed by atoms with van der Waals surface area (Å²) in [6.07, 6.45) is 0. The summed E-state index contributed by atoms with van der Waals surface area (Å²) >= 11 is 0. The Morgan fingerprint density at radius 2 is 0.877 bits per heavy atom. The van der Waals surface area contributed by atoms with Crippen LogP contribution in [-0.2, 0) is 0 Å². The molecule has 0 radical (unpaired) electrons. The minimum absolute atomic E-state index is 0.172. The number of benzene rings is 9. The molecule has 9 aromatic carbocycles. The molecule has 9 heteroatoms. The largest absolute Gasteiger partial charge is 0.519 e. The Balaban J connectivity index is 1.06. The quantitative estimate of drug-likeness (QED) is 0.118. The molecule has 2 aliphatic heterocycles. The van der Waals surface area contributed by atoms with Gasteiger partial charge in [-0.25, -0.2) is 4.98 Å². The van der Waals surface area contributed by atoms with Crippen LogP contribution in [0.5, 0.6) is 0 Å². The first-order valence-electron chi connectivity index (χ1n) is 22.0. The van der Waals surface area contributed by atoms with E-state index in [2.05, 4.69) is 242 Å². The van der Waals surface area contributed by atoms with Crippen molar-refractivity contribution in [3.05, 3.63) is 236 Å². The van der Waals surface area contributed by atoms with Gasteiger partial charge in [-0.2, -0.15) is 5.26 Å². The van der Waals surface area contributed by atoms with E-state index < -0.39 is 8.07 Å². The molecular formula is C56H38BN7Si. The molecular weight excluding hydrogens is 810 g/mol. The van der Waals surface area contributed by atoms with Crippen molar-refractivity contribution in [3.63, 3.8) is 0 Å². The third kappa shape index (κ3) is 5.38. The van der Waals surface area contributed by atoms with Gasteiger partial charge in [-0.1, -0.05) is 140 Å². The Morgan fingerprint density at radius 3 is 1.49 bits per heavy atom. The second-order valence-electron chi connectivity index (χ2n) is 16.7. The Morgan fingerprint density at radius 1 is 0.400 bits per heavy atom. The Bertz CT molecular complexity index is 3620. The van der Waals surface area contributed by atoms with Crippen LogP contribution in [0.3, 0.4) is 0 Å². The minimum atomic E-state index is -3.11. The molecule has 7 nitrogen and oxygen atoms in total. The van der Waals surface area contributed by atoms with Gasteiger partial charge in [0.05, 0.1) is 56.4 Å². The maximum absolute atomic E-state index is 9.86. The molecule has 2 aromatic heterocycles. The molecule has 4 heterocycles. The van der Waals surface area contributed by atoms with Crippen molar-refractivity contribution in [2.75, 3.05) is 14.4 Å². The van der Waals surface area contributed by atoms with Gasteiger partial charge in [0.15, 0.2) is 8.07 Å². The fraction of sp³-hybridized carbons (Fsp3) is 0. The van der Waals surface area contributed by atoms with Crippen LogP contribution in [0.25, 0.3) is 33.5 Å². The van der Waals surface area contributed by atoms with Gasteiger partial charge < -0.3 is 14.4 Å². The van der Waals surface area contributed by atoms with Crippen LogP contribution >= 0.6 is 0 Å². The highest BCUT2D eigenvalue weighted by atomic mass is 28.3. The number of nitrogens with zero attached hydrogens (tertiary/aromatic N) is 7. The average Bonchev–Trinajstić information content (AvgIpc) is 4.11. The molecule has 0 amide bonds. The summed E-state index contributed by atoms with van der Waals surface area (Å²) in [6, 6.07) is 85.7. The molecule has 11 aromatic rings. The lowest BCUT2D eigenvalue weighted by Crippen LogP contribution is -2.74. The van der Waals surface area contributed by atoms with Gasteiger partial charge in [-0.3, -0.25) is 8.97 Å². The summed E-state index contributed by atoms with van der Waals surface area (Å²) in [6.45, 7) is 0. The van der Waals surface area contributed by atoms with Gasteiger partial charge in [-0.15, -0.1) is 0 Å². The lowest BCUT2D eigenvalue weighted by molar-refractivity contribution is 1.11. The topological polar surface area (TPSA) is 55.7 Å². The molecule has 2 aliphatic rings. The molecule has 0 aliphatic carbocycles. The van der Waals surface area contributed by atoms with Gasteiger partial charge >= 0.3 is 7.12 Å². The zero-order valence-electron chi connectivity index (χ0n) is 35.1. The van der Waals surface area contributed by atoms with Crippen LogP contribution < -0.4 is 35.2 Å². The summed E-state index contributed by atoms with van der Waals surface area (Å²) in [7, 11) is -3.28. The highest BCUT2D eigenvalue weighted by Crippen LogP contribution is 2.55. The van der Waals surface area contributed by atoms with Crippen molar-refractivity contribution in [1.82, 2.24) is 14.0 Å². The molecule has 0 fully saturated rings. The summed E-state index contributed by atoms with van der Waals surface area (Å²) in [5.41, 5.74) is 12.4. The zero-order chi connectivity index (χ0) is 43.1. The van der Waals surface area contributed by atoms with E-state index in [1.165, 1.54) is 37.8 Å². The van der Waals surface area contributed by atoms with Crippen LogP contribution in [0.2, 0.25) is 0 Å². The molecule has 304 valence electrons. The predicted molar refractivity (Wildman–Crippen MR) is 269 cm³/mol. The highest BCUT2D eigenvalue weighted by Gasteiger charge is 2.53. The number of hydrogen-bond donors (Lipinski definition) is 0. The third-order valence-electron chi connectivity index (χ3n) is 13.4. The van der Waals surface area contributed by atoms with Crippen LogP contribution in [-0.4, -0.2) is 29.1 Å². The average molecular weight is 848 g/mol. The SMILES string of the molecule is N#Cc1ccc2nc3n(-c4cccc([Si](c5ccccc5)(c5ccccc5)c5cccc(N6B7N(c8ccccc8)c8ccccc8N7c7ccccc76)c5)c4)c4ccccc4n3c2c1. The van der Waals surface area contributed by atoms with Crippen molar-refractivity contribution in [2.45, 2.75) is 0 Å². The molecule has 0 saturated carbocycles. The van der Waals surface area contributed by atoms with Crippen LogP contribution in [0.4, 0.5) is 34.1 Å². The van der Waals surface area contributed by atoms with E-state index in [0.29, 0.717) is 5.56 Å². The number of anilines is 6. The van der Waals surface area contributed by atoms with E-state index in [0.717, 1.165) is 50.6 Å². The fourth-order valence-electron chi connectivity index (χ4n) is 10.7. The van der Waals surface area contributed by atoms with Crippen LogP contribution in [0, 0.1) is 11.3 Å². The number of rotatable bonds is 7. The molecule has 0 N–H and O–H groups in total. The molecule has 0 atom stereocenters. The van der Waals surface area contributed by atoms with E-state index in [9.17, 15) is 5.26 Å². The fourth-order valence-corrected chi connectivity index (χ4v) is 15.5. The number of imidazole rings is 2. The lowest BCUT2D eigenvalue weighted by Gasteiger charge is -2.36. The van der Waals surface area contributed by atoms with Gasteiger partial charge in [0.2, 0.25) is 5.78 Å². The first-order valence-corrected chi connectivity index (χ1v) is 24.0. The molecule has 65 heavy (non-hydrogen) atoms. The Kier molecular flexibility index (Phi) is 8.25. The number of nitriles is 1. The molecule has 0 unspecified atom stereocenters. The van der Waals surface area contributed by atoms with Crippen molar-refractivity contribution in [1.29, 1.82) is 5.26 Å². The van der Waals surface area contributed by atoms with Crippen LogP contribution in [0.1, 0.15) is 5.56 Å². The maximum Gasteiger partial charge on any atom is 0.519 e. The zero-order valence-corrected chi connectivity index (χ0v) is 36.1. The van der Waals surface area contributed by atoms with Crippen molar-refractivity contribution in [2.24, 2.45) is 0 Å². The number of para-hydroxylation sites is 7. The van der Waals surface area contributed by atoms with Crippen molar-refractivity contribution < 1.29 is 0 Å². The van der Waals surface area contributed by atoms with E-state index in [1.807, 2.05) is 18.2 Å². The van der Waals surface area contributed by atoms with Gasteiger partial charge in [0.25, 0.3) is 0 Å². The van der Waals surface area contributed by atoms with E-state index in [-0.39, 0.29) is 7.12 Å². The monoisotopic (exact) mass is 847 g/mol. The summed E-state index contributed by atoms with van der Waals surface area (Å²) in [4.78, 5) is 12.7. The van der Waals surface area contributed by atoms with E-state index in [1.54, 1.807) is 0 Å². The van der Waals surface area contributed by atoms with Crippen molar-refractivity contribution >= 4 is 97.9 Å². The minimum Gasteiger partial charge on any atom is -0.344 e. The molecule has 0 saturated heterocycles. The van der Waals surface area contributed by atoms with E-state index >= 15 is 0 Å². The summed E-state index contributed by atoms with van der Waals surface area (Å²) < 4.78 is 4.47. The van der Waals surface area contributed by atoms with E-state index in [4.69, 9.17) is 4.98 Å². The molecule has 0 spiro atoms. The van der Waals surface area contributed by atoms with Crippen molar-refractivity contribution in [3.8, 4) is 11.8 Å². The number of hydrogen-bond acceptors (Lipinski definition) is 5. The van der Waals surface area contributed by atoms with Crippen LogP contribution in [0.15, 0.2) is 231 Å². The first kappa shape index (κ1) is 37.0. The third-order valence-corrected chi connectivity index (χ3v) is 18.1.